The quantitative estimate of drug-likeness (QED) is 0.455. The van der Waals surface area contributed by atoms with Gasteiger partial charge in [0.05, 0.1) is 5.88 Å². The van der Waals surface area contributed by atoms with E-state index in [0.29, 0.717) is 12.6 Å². The molecule has 94 valence electrons. The van der Waals surface area contributed by atoms with E-state index in [9.17, 15) is 0 Å². The van der Waals surface area contributed by atoms with Crippen LogP contribution in [0, 0.1) is 0 Å². The van der Waals surface area contributed by atoms with Crippen LogP contribution in [0.15, 0.2) is 12.4 Å². The van der Waals surface area contributed by atoms with Crippen molar-refractivity contribution in [2.75, 3.05) is 6.61 Å². The van der Waals surface area contributed by atoms with Crippen LogP contribution in [-0.4, -0.2) is 24.2 Å². The molecule has 0 radical (unpaired) electrons. The molecule has 3 nitrogen and oxygen atoms in total. The van der Waals surface area contributed by atoms with Crippen molar-refractivity contribution >= 4 is 32.1 Å². The van der Waals surface area contributed by atoms with Gasteiger partial charge in [-0.2, -0.15) is 0 Å². The van der Waals surface area contributed by atoms with Crippen molar-refractivity contribution in [3.05, 3.63) is 18.2 Å². The first kappa shape index (κ1) is 16.0. The van der Waals surface area contributed by atoms with E-state index in [4.69, 9.17) is 16.3 Å². The van der Waals surface area contributed by atoms with Crippen molar-refractivity contribution < 1.29 is 4.74 Å². The molecule has 0 unspecified atom stereocenters. The highest BCUT2D eigenvalue weighted by atomic mass is 35.5. The van der Waals surface area contributed by atoms with Crippen LogP contribution in [0.4, 0.5) is 0 Å². The summed E-state index contributed by atoms with van der Waals surface area (Å²) in [5, 5.41) is 0. The summed E-state index contributed by atoms with van der Waals surface area (Å²) in [6, 6.07) is 1.19. The van der Waals surface area contributed by atoms with Gasteiger partial charge in [-0.15, -0.1) is 24.0 Å². The lowest BCUT2D eigenvalue weighted by Gasteiger charge is -2.15. The van der Waals surface area contributed by atoms with Crippen LogP contribution in [0.25, 0.3) is 0 Å². The smallest absolute Gasteiger partial charge is 0.125 e. The topological polar surface area (TPSA) is 27.1 Å². The molecule has 0 N–H and O–H groups in total. The lowest BCUT2D eigenvalue weighted by molar-refractivity contribution is 0.0856. The summed E-state index contributed by atoms with van der Waals surface area (Å²) >= 11 is 5.73. The fraction of sp³-hybridized carbons (Fsp3) is 0.700. The van der Waals surface area contributed by atoms with E-state index in [1.165, 1.54) is 6.04 Å². The molecule has 0 aliphatic carbocycles. The van der Waals surface area contributed by atoms with Crippen LogP contribution >= 0.6 is 24.0 Å². The Kier molecular flexibility index (Phi) is 7.31. The van der Waals surface area contributed by atoms with Gasteiger partial charge in [0, 0.05) is 27.1 Å². The molecule has 1 aromatic rings. The molecule has 0 amide bonds. The van der Waals surface area contributed by atoms with Gasteiger partial charge in [-0.1, -0.05) is 19.6 Å². The van der Waals surface area contributed by atoms with Crippen molar-refractivity contribution in [3.8, 4) is 0 Å². The van der Waals surface area contributed by atoms with E-state index in [1.54, 1.807) is 6.20 Å². The standard InChI is InChI=1S/C10H19ClN2OSi.ClH/c1-15(2,3)7-6-14-9-13-5-4-12-10(13)8-11;/h4-5H,6-9H2,1-3H3;1H. The Balaban J connectivity index is 0.00000225. The third-order valence-corrected chi connectivity index (χ3v) is 4.09. The molecule has 16 heavy (non-hydrogen) atoms. The predicted octanol–water partition coefficient (Wildman–Crippen LogP) is 3.36. The maximum absolute atomic E-state index is 5.73. The first-order valence-electron chi connectivity index (χ1n) is 5.16. The van der Waals surface area contributed by atoms with Gasteiger partial charge in [-0.05, 0) is 6.04 Å². The zero-order chi connectivity index (χ0) is 11.3. The second-order valence-electron chi connectivity index (χ2n) is 4.79. The third kappa shape index (κ3) is 5.89. The second kappa shape index (κ2) is 7.32. The van der Waals surface area contributed by atoms with E-state index in [-0.39, 0.29) is 12.4 Å². The van der Waals surface area contributed by atoms with Gasteiger partial charge >= 0.3 is 0 Å². The summed E-state index contributed by atoms with van der Waals surface area (Å²) in [7, 11) is -0.977. The van der Waals surface area contributed by atoms with Crippen LogP contribution in [0.1, 0.15) is 5.82 Å². The summed E-state index contributed by atoms with van der Waals surface area (Å²) < 4.78 is 7.54. The molecular weight excluding hydrogens is 263 g/mol. The highest BCUT2D eigenvalue weighted by Crippen LogP contribution is 2.08. The largest absolute Gasteiger partial charge is 0.361 e. The van der Waals surface area contributed by atoms with Gasteiger partial charge in [0.25, 0.3) is 0 Å². The van der Waals surface area contributed by atoms with Crippen LogP contribution in [0.5, 0.6) is 0 Å². The summed E-state index contributed by atoms with van der Waals surface area (Å²) in [6.45, 7) is 8.43. The Bertz CT molecular complexity index is 299. The zero-order valence-corrected chi connectivity index (χ0v) is 12.6. The molecule has 0 bridgehead atoms. The van der Waals surface area contributed by atoms with Crippen molar-refractivity contribution in [1.29, 1.82) is 0 Å². The van der Waals surface area contributed by atoms with Gasteiger partial charge in [-0.25, -0.2) is 4.98 Å². The molecule has 1 heterocycles. The minimum atomic E-state index is -0.977. The maximum atomic E-state index is 5.73. The summed E-state index contributed by atoms with van der Waals surface area (Å²) in [5.74, 6) is 1.30. The summed E-state index contributed by atoms with van der Waals surface area (Å²) in [6.07, 6.45) is 3.64. The SMILES string of the molecule is C[Si](C)(C)CCOCn1ccnc1CCl.Cl. The van der Waals surface area contributed by atoms with Gasteiger partial charge in [-0.3, -0.25) is 0 Å². The van der Waals surface area contributed by atoms with E-state index >= 15 is 0 Å². The number of rotatable bonds is 6. The fourth-order valence-electron chi connectivity index (χ4n) is 1.13. The van der Waals surface area contributed by atoms with Crippen LogP contribution in [0.2, 0.25) is 25.7 Å². The van der Waals surface area contributed by atoms with Gasteiger partial charge in [0.1, 0.15) is 12.6 Å². The zero-order valence-electron chi connectivity index (χ0n) is 10.1. The molecule has 1 aromatic heterocycles. The van der Waals surface area contributed by atoms with E-state index in [0.717, 1.165) is 12.4 Å². The average molecular weight is 283 g/mol. The number of halogens is 2. The van der Waals surface area contributed by atoms with Crippen molar-refractivity contribution in [1.82, 2.24) is 9.55 Å². The molecule has 1 rings (SSSR count). The molecule has 0 aliphatic rings. The van der Waals surface area contributed by atoms with Gasteiger partial charge in [0.2, 0.25) is 0 Å². The molecule has 6 heteroatoms. The Hall–Kier alpha value is -0.0331. The lowest BCUT2D eigenvalue weighted by Crippen LogP contribution is -2.22. The third-order valence-electron chi connectivity index (χ3n) is 2.15. The monoisotopic (exact) mass is 282 g/mol. The number of imidazole rings is 1. The number of hydrogen-bond donors (Lipinski definition) is 0. The van der Waals surface area contributed by atoms with Crippen LogP contribution < -0.4 is 0 Å². The predicted molar refractivity (Wildman–Crippen MR) is 73.1 cm³/mol. The molecular formula is C10H20Cl2N2OSi. The maximum Gasteiger partial charge on any atom is 0.125 e. The highest BCUT2D eigenvalue weighted by molar-refractivity contribution is 6.76. The Morgan fingerprint density at radius 2 is 2.12 bits per heavy atom. The molecule has 0 atom stereocenters. The Labute approximate surface area is 110 Å². The molecule has 0 saturated heterocycles. The normalized spacial score (nSPS) is 11.2. The average Bonchev–Trinajstić information content (AvgIpc) is 2.58. The number of ether oxygens (including phenoxy) is 1. The van der Waals surface area contributed by atoms with E-state index < -0.39 is 8.07 Å². The van der Waals surface area contributed by atoms with Crippen molar-refractivity contribution in [3.63, 3.8) is 0 Å². The number of alkyl halides is 1. The molecule has 0 aromatic carbocycles. The fourth-order valence-corrected chi connectivity index (χ4v) is 2.11. The minimum Gasteiger partial charge on any atom is -0.361 e. The van der Waals surface area contributed by atoms with Gasteiger partial charge < -0.3 is 9.30 Å². The lowest BCUT2D eigenvalue weighted by atomic mass is 10.7. The van der Waals surface area contributed by atoms with Crippen LogP contribution in [0.3, 0.4) is 0 Å². The van der Waals surface area contributed by atoms with Crippen LogP contribution in [-0.2, 0) is 17.3 Å². The molecule has 0 spiro atoms. The molecule has 0 aliphatic heterocycles. The number of aromatic nitrogens is 2. The highest BCUT2D eigenvalue weighted by Gasteiger charge is 2.12. The summed E-state index contributed by atoms with van der Waals surface area (Å²) in [4.78, 5) is 4.12. The van der Waals surface area contributed by atoms with Crippen molar-refractivity contribution in [2.45, 2.75) is 38.3 Å². The minimum absolute atomic E-state index is 0. The number of nitrogens with zero attached hydrogens (tertiary/aromatic N) is 2. The van der Waals surface area contributed by atoms with E-state index in [2.05, 4.69) is 24.6 Å². The summed E-state index contributed by atoms with van der Waals surface area (Å²) in [5.41, 5.74) is 0. The van der Waals surface area contributed by atoms with Crippen molar-refractivity contribution in [2.24, 2.45) is 0 Å². The first-order valence-corrected chi connectivity index (χ1v) is 9.41. The number of hydrogen-bond acceptors (Lipinski definition) is 2. The first-order chi connectivity index (χ1) is 7.03. The Morgan fingerprint density at radius 3 is 2.69 bits per heavy atom. The van der Waals surface area contributed by atoms with E-state index in [1.807, 2.05) is 10.8 Å². The second-order valence-corrected chi connectivity index (χ2v) is 10.7. The molecule has 0 fully saturated rings. The van der Waals surface area contributed by atoms with Gasteiger partial charge in [0.15, 0.2) is 0 Å². The Morgan fingerprint density at radius 1 is 1.44 bits per heavy atom. The molecule has 0 saturated carbocycles.